The molecule has 0 aromatic carbocycles. The molecule has 0 bridgehead atoms. The minimum absolute atomic E-state index is 0.0295. The van der Waals surface area contributed by atoms with Crippen molar-refractivity contribution in [1.82, 2.24) is 0 Å². The van der Waals surface area contributed by atoms with Crippen molar-refractivity contribution in [2.75, 3.05) is 47.5 Å². The van der Waals surface area contributed by atoms with Crippen molar-refractivity contribution in [1.29, 1.82) is 0 Å². The molecule has 10 heteroatoms. The summed E-state index contributed by atoms with van der Waals surface area (Å²) in [5, 5.41) is 0. The number of nitrogens with zero attached hydrogens (tertiary/aromatic N) is 1. The third kappa shape index (κ3) is 42.2. The summed E-state index contributed by atoms with van der Waals surface area (Å²) in [6.45, 7) is 4.18. The van der Waals surface area contributed by atoms with Gasteiger partial charge in [-0.25, -0.2) is 0 Å². The van der Waals surface area contributed by atoms with Crippen LogP contribution < -0.4 is 4.89 Å². The van der Waals surface area contributed by atoms with Crippen molar-refractivity contribution < 1.29 is 42.1 Å². The molecule has 0 aliphatic rings. The predicted molar refractivity (Wildman–Crippen MR) is 227 cm³/mol. The van der Waals surface area contributed by atoms with Crippen LogP contribution in [0.2, 0.25) is 0 Å². The van der Waals surface area contributed by atoms with Gasteiger partial charge in [-0.15, -0.1) is 0 Å². The number of allylic oxidation sites excluding steroid dienone is 2. The summed E-state index contributed by atoms with van der Waals surface area (Å²) >= 11 is 0. The molecule has 9 nitrogen and oxygen atoms in total. The summed E-state index contributed by atoms with van der Waals surface area (Å²) in [5.74, 6) is -0.837. The van der Waals surface area contributed by atoms with Gasteiger partial charge < -0.3 is 27.9 Å². The molecule has 0 spiro atoms. The van der Waals surface area contributed by atoms with E-state index in [9.17, 15) is 19.0 Å². The van der Waals surface area contributed by atoms with Crippen LogP contribution >= 0.6 is 7.82 Å². The van der Waals surface area contributed by atoms with Gasteiger partial charge in [0.1, 0.15) is 19.8 Å². The molecule has 0 aromatic rings. The van der Waals surface area contributed by atoms with Crippen LogP contribution in [0.15, 0.2) is 12.2 Å². The Morgan fingerprint density at radius 2 is 0.964 bits per heavy atom. The molecule has 0 heterocycles. The number of hydrogen-bond acceptors (Lipinski definition) is 8. The number of rotatable bonds is 42. The van der Waals surface area contributed by atoms with E-state index in [2.05, 4.69) is 26.0 Å². The fourth-order valence-electron chi connectivity index (χ4n) is 6.42. The van der Waals surface area contributed by atoms with Gasteiger partial charge in [0.2, 0.25) is 0 Å². The van der Waals surface area contributed by atoms with Crippen LogP contribution in [-0.4, -0.2) is 70.0 Å². The van der Waals surface area contributed by atoms with Crippen molar-refractivity contribution in [3.05, 3.63) is 12.2 Å². The maximum absolute atomic E-state index is 12.6. The minimum Gasteiger partial charge on any atom is -0.756 e. The van der Waals surface area contributed by atoms with E-state index in [0.29, 0.717) is 17.4 Å². The second-order valence-corrected chi connectivity index (χ2v) is 18.2. The van der Waals surface area contributed by atoms with E-state index in [1.807, 2.05) is 21.1 Å². The molecule has 0 radical (unpaired) electrons. The van der Waals surface area contributed by atoms with Gasteiger partial charge in [0.05, 0.1) is 27.7 Å². The van der Waals surface area contributed by atoms with Crippen molar-refractivity contribution in [2.24, 2.45) is 0 Å². The third-order valence-corrected chi connectivity index (χ3v) is 11.0. The van der Waals surface area contributed by atoms with E-state index in [4.69, 9.17) is 18.5 Å². The molecule has 2 unspecified atom stereocenters. The van der Waals surface area contributed by atoms with Crippen molar-refractivity contribution >= 4 is 19.8 Å². The molecule has 326 valence electrons. The lowest BCUT2D eigenvalue weighted by Gasteiger charge is -2.28. The Labute approximate surface area is 339 Å². The van der Waals surface area contributed by atoms with Crippen LogP contribution in [0.1, 0.15) is 213 Å². The summed E-state index contributed by atoms with van der Waals surface area (Å²) in [7, 11) is 1.17. The quantitative estimate of drug-likeness (QED) is 0.0197. The van der Waals surface area contributed by atoms with Crippen LogP contribution in [0.25, 0.3) is 0 Å². The first kappa shape index (κ1) is 53.8. The van der Waals surface area contributed by atoms with E-state index in [0.717, 1.165) is 57.8 Å². The van der Waals surface area contributed by atoms with E-state index >= 15 is 0 Å². The highest BCUT2D eigenvalue weighted by molar-refractivity contribution is 7.45. The number of quaternary nitrogens is 1. The molecule has 0 aliphatic heterocycles. The molecule has 0 fully saturated rings. The average Bonchev–Trinajstić information content (AvgIpc) is 3.13. The van der Waals surface area contributed by atoms with Crippen LogP contribution in [0.3, 0.4) is 0 Å². The topological polar surface area (TPSA) is 111 Å². The normalized spacial score (nSPS) is 13.6. The summed E-state index contributed by atoms with van der Waals surface area (Å²) in [5.41, 5.74) is 0. The van der Waals surface area contributed by atoms with Gasteiger partial charge in [-0.3, -0.25) is 14.2 Å². The molecule has 0 N–H and O–H groups in total. The highest BCUT2D eigenvalue weighted by Gasteiger charge is 2.21. The zero-order chi connectivity index (χ0) is 40.7. The Morgan fingerprint density at radius 1 is 0.545 bits per heavy atom. The number of hydrogen-bond donors (Lipinski definition) is 0. The Bertz CT molecular complexity index is 954. The van der Waals surface area contributed by atoms with Crippen molar-refractivity contribution in [2.45, 2.75) is 219 Å². The van der Waals surface area contributed by atoms with Gasteiger partial charge in [-0.1, -0.05) is 180 Å². The van der Waals surface area contributed by atoms with Gasteiger partial charge >= 0.3 is 11.9 Å². The Morgan fingerprint density at radius 3 is 1.42 bits per heavy atom. The molecule has 0 saturated carbocycles. The molecule has 0 rings (SSSR count). The fourth-order valence-corrected chi connectivity index (χ4v) is 7.15. The molecule has 2 atom stereocenters. The highest BCUT2D eigenvalue weighted by atomic mass is 31.2. The van der Waals surface area contributed by atoms with E-state index in [1.165, 1.54) is 122 Å². The molecule has 0 saturated heterocycles. The number of phosphoric acid groups is 1. The van der Waals surface area contributed by atoms with Crippen molar-refractivity contribution in [3.8, 4) is 0 Å². The van der Waals surface area contributed by atoms with Gasteiger partial charge in [0.15, 0.2) is 6.10 Å². The molecular weight excluding hydrogens is 713 g/mol. The smallest absolute Gasteiger partial charge is 0.306 e. The van der Waals surface area contributed by atoms with Gasteiger partial charge in [-0.05, 0) is 32.1 Å². The fraction of sp³-hybridized carbons (Fsp3) is 0.911. The van der Waals surface area contributed by atoms with Crippen LogP contribution in [0, 0.1) is 0 Å². The second-order valence-electron chi connectivity index (χ2n) is 16.8. The number of esters is 2. The first-order valence-electron chi connectivity index (χ1n) is 22.9. The lowest BCUT2D eigenvalue weighted by atomic mass is 10.0. The highest BCUT2D eigenvalue weighted by Crippen LogP contribution is 2.38. The summed E-state index contributed by atoms with van der Waals surface area (Å²) in [6.07, 6.45) is 39.7. The maximum Gasteiger partial charge on any atom is 0.306 e. The SMILES string of the molecule is CCC/C=C\CCCCCCCC(=O)OC(COC(=O)CCCCCCCCCCCCCCCCCCCCCCC)COP(=O)([O-])OCC[N+](C)(C)C. The zero-order valence-electron chi connectivity index (χ0n) is 36.6. The van der Waals surface area contributed by atoms with Crippen LogP contribution in [0.5, 0.6) is 0 Å². The van der Waals surface area contributed by atoms with Crippen LogP contribution in [0.4, 0.5) is 0 Å². The Balaban J connectivity index is 4.17. The first-order chi connectivity index (χ1) is 26.5. The van der Waals surface area contributed by atoms with Gasteiger partial charge in [0, 0.05) is 12.8 Å². The number of likely N-dealkylation sites (N-methyl/N-ethyl adjacent to an activating group) is 1. The number of ether oxygens (including phenoxy) is 2. The van der Waals surface area contributed by atoms with E-state index in [-0.39, 0.29) is 32.0 Å². The Hall–Kier alpha value is -1.25. The number of unbranched alkanes of at least 4 members (excludes halogenated alkanes) is 26. The first-order valence-corrected chi connectivity index (χ1v) is 24.4. The standard InChI is InChI=1S/C45H88NO8P/c1-6-8-10-12-14-16-18-19-20-21-22-23-24-25-26-27-28-30-31-33-35-37-44(47)51-41-43(42-53-55(49,50)52-40-39-46(3,4)5)54-45(48)38-36-34-32-29-17-15-13-11-9-7-2/h11,13,43H,6-10,12,14-42H2,1-5H3/b13-11-. The van der Waals surface area contributed by atoms with E-state index < -0.39 is 26.5 Å². The van der Waals surface area contributed by atoms with Gasteiger partial charge in [0.25, 0.3) is 7.82 Å². The Kier molecular flexibility index (Phi) is 37.4. The number of carbonyl (C=O) groups is 2. The predicted octanol–water partition coefficient (Wildman–Crippen LogP) is 12.3. The van der Waals surface area contributed by atoms with E-state index in [1.54, 1.807) is 0 Å². The van der Waals surface area contributed by atoms with Gasteiger partial charge in [-0.2, -0.15) is 0 Å². The molecule has 55 heavy (non-hydrogen) atoms. The molecule has 0 aliphatic carbocycles. The maximum atomic E-state index is 12.6. The monoisotopic (exact) mass is 802 g/mol. The van der Waals surface area contributed by atoms with Crippen LogP contribution in [-0.2, 0) is 32.7 Å². The zero-order valence-corrected chi connectivity index (χ0v) is 37.5. The summed E-state index contributed by atoms with van der Waals surface area (Å²) < 4.78 is 33.8. The largest absolute Gasteiger partial charge is 0.756 e. The molecule has 0 aromatic heterocycles. The molecule has 0 amide bonds. The summed E-state index contributed by atoms with van der Waals surface area (Å²) in [4.78, 5) is 37.4. The lowest BCUT2D eigenvalue weighted by molar-refractivity contribution is -0.870. The molecular formula is C45H88NO8P. The lowest BCUT2D eigenvalue weighted by Crippen LogP contribution is -2.37. The number of carbonyl (C=O) groups excluding carboxylic acids is 2. The minimum atomic E-state index is -4.62. The van der Waals surface area contributed by atoms with Crippen molar-refractivity contribution in [3.63, 3.8) is 0 Å². The second kappa shape index (κ2) is 38.3. The third-order valence-electron chi connectivity index (χ3n) is 10.0. The average molecular weight is 802 g/mol. The summed E-state index contributed by atoms with van der Waals surface area (Å²) in [6, 6.07) is 0. The number of phosphoric ester groups is 1.